The van der Waals surface area contributed by atoms with Crippen LogP contribution in [0.5, 0.6) is 0 Å². The van der Waals surface area contributed by atoms with Gasteiger partial charge >= 0.3 is 5.97 Å². The highest BCUT2D eigenvalue weighted by Gasteiger charge is 2.39. The average molecular weight is 268 g/mol. The fraction of sp³-hybridized carbons (Fsp3) is 0.533. The number of benzene rings is 1. The number of carbonyl (C=O) groups is 1. The number of carbonyl (C=O) groups excluding carboxylic acids is 1. The van der Waals surface area contributed by atoms with Crippen LogP contribution in [-0.2, 0) is 15.1 Å². The summed E-state index contributed by atoms with van der Waals surface area (Å²) in [5.41, 5.74) is -2.17. The Hall–Kier alpha value is -1.42. The molecule has 3 nitrogen and oxygen atoms in total. The second kappa shape index (κ2) is 5.29. The predicted molar refractivity (Wildman–Crippen MR) is 71.0 cm³/mol. The molecule has 0 fully saturated rings. The molecule has 2 unspecified atom stereocenters. The summed E-state index contributed by atoms with van der Waals surface area (Å²) in [4.78, 5) is 12.0. The van der Waals surface area contributed by atoms with Gasteiger partial charge in [0, 0.05) is 5.56 Å². The van der Waals surface area contributed by atoms with E-state index in [1.807, 2.05) is 0 Å². The number of halogens is 1. The molecular formula is C15H21FO3. The minimum atomic E-state index is -1.62. The van der Waals surface area contributed by atoms with E-state index in [1.165, 1.54) is 32.0 Å². The Balaban J connectivity index is 3.00. The zero-order valence-electron chi connectivity index (χ0n) is 12.0. The normalized spacial score (nSPS) is 16.6. The first-order valence-corrected chi connectivity index (χ1v) is 6.26. The zero-order chi connectivity index (χ0) is 14.8. The molecule has 0 heterocycles. The first-order valence-electron chi connectivity index (χ1n) is 6.26. The van der Waals surface area contributed by atoms with Crippen LogP contribution in [0.15, 0.2) is 24.3 Å². The van der Waals surface area contributed by atoms with E-state index < -0.39 is 28.9 Å². The minimum Gasteiger partial charge on any atom is -0.460 e. The highest BCUT2D eigenvalue weighted by molar-refractivity contribution is 5.74. The molecule has 0 aliphatic carbocycles. The SMILES string of the molecule is CC(C(=O)OC(C)(C)C)C(C)(O)c1ccccc1F. The molecule has 0 aromatic heterocycles. The standard InChI is InChI=1S/C15H21FO3/c1-10(13(17)19-14(2,3)4)15(5,18)11-8-6-7-9-12(11)16/h6-10,18H,1-5H3. The van der Waals surface area contributed by atoms with Gasteiger partial charge in [-0.25, -0.2) is 4.39 Å². The number of rotatable bonds is 3. The summed E-state index contributed by atoms with van der Waals surface area (Å²) in [7, 11) is 0. The predicted octanol–water partition coefficient (Wildman–Crippen LogP) is 3.01. The molecule has 0 amide bonds. The van der Waals surface area contributed by atoms with Crippen LogP contribution in [0.1, 0.15) is 40.2 Å². The summed E-state index contributed by atoms with van der Waals surface area (Å²) < 4.78 is 19.0. The number of hydrogen-bond donors (Lipinski definition) is 1. The van der Waals surface area contributed by atoms with Crippen molar-refractivity contribution in [1.82, 2.24) is 0 Å². The van der Waals surface area contributed by atoms with Gasteiger partial charge in [-0.1, -0.05) is 18.2 Å². The van der Waals surface area contributed by atoms with Gasteiger partial charge in [0.2, 0.25) is 0 Å². The molecule has 2 atom stereocenters. The summed E-state index contributed by atoms with van der Waals surface area (Å²) in [6.07, 6.45) is 0. The minimum absolute atomic E-state index is 0.0911. The van der Waals surface area contributed by atoms with E-state index in [-0.39, 0.29) is 5.56 Å². The van der Waals surface area contributed by atoms with Crippen molar-refractivity contribution in [2.75, 3.05) is 0 Å². The van der Waals surface area contributed by atoms with Gasteiger partial charge in [-0.2, -0.15) is 0 Å². The quantitative estimate of drug-likeness (QED) is 0.857. The molecule has 1 rings (SSSR count). The van der Waals surface area contributed by atoms with Crippen molar-refractivity contribution in [3.8, 4) is 0 Å². The molecular weight excluding hydrogens is 247 g/mol. The van der Waals surface area contributed by atoms with E-state index in [0.717, 1.165) is 0 Å². The van der Waals surface area contributed by atoms with Crippen molar-refractivity contribution < 1.29 is 19.0 Å². The van der Waals surface area contributed by atoms with E-state index >= 15 is 0 Å². The van der Waals surface area contributed by atoms with Gasteiger partial charge in [-0.3, -0.25) is 4.79 Å². The van der Waals surface area contributed by atoms with E-state index in [0.29, 0.717) is 0 Å². The van der Waals surface area contributed by atoms with Gasteiger partial charge < -0.3 is 9.84 Å². The van der Waals surface area contributed by atoms with Crippen LogP contribution in [0.2, 0.25) is 0 Å². The number of hydrogen-bond acceptors (Lipinski definition) is 3. The van der Waals surface area contributed by atoms with Gasteiger partial charge in [0.1, 0.15) is 17.0 Å². The lowest BCUT2D eigenvalue weighted by molar-refractivity contribution is -0.168. The zero-order valence-corrected chi connectivity index (χ0v) is 12.0. The Morgan fingerprint density at radius 1 is 1.26 bits per heavy atom. The fourth-order valence-electron chi connectivity index (χ4n) is 1.72. The van der Waals surface area contributed by atoms with E-state index in [2.05, 4.69) is 0 Å². The smallest absolute Gasteiger partial charge is 0.312 e. The molecule has 0 aliphatic rings. The third kappa shape index (κ3) is 3.77. The van der Waals surface area contributed by atoms with Crippen LogP contribution < -0.4 is 0 Å². The number of aliphatic hydroxyl groups is 1. The van der Waals surface area contributed by atoms with Crippen molar-refractivity contribution in [1.29, 1.82) is 0 Å². The summed E-state index contributed by atoms with van der Waals surface area (Å²) in [5, 5.41) is 10.5. The summed E-state index contributed by atoms with van der Waals surface area (Å²) >= 11 is 0. The van der Waals surface area contributed by atoms with Crippen LogP contribution in [0, 0.1) is 11.7 Å². The van der Waals surface area contributed by atoms with Crippen molar-refractivity contribution in [3.05, 3.63) is 35.6 Å². The van der Waals surface area contributed by atoms with E-state index in [4.69, 9.17) is 4.74 Å². The van der Waals surface area contributed by atoms with Crippen molar-refractivity contribution in [2.24, 2.45) is 5.92 Å². The molecule has 0 bridgehead atoms. The van der Waals surface area contributed by atoms with Crippen molar-refractivity contribution >= 4 is 5.97 Å². The lowest BCUT2D eigenvalue weighted by Gasteiger charge is -2.31. The molecule has 1 aromatic rings. The molecule has 4 heteroatoms. The van der Waals surface area contributed by atoms with E-state index in [9.17, 15) is 14.3 Å². The second-order valence-corrected chi connectivity index (χ2v) is 5.88. The highest BCUT2D eigenvalue weighted by atomic mass is 19.1. The van der Waals surface area contributed by atoms with Gasteiger partial charge in [0.15, 0.2) is 0 Å². The Kier molecular flexibility index (Phi) is 4.35. The Morgan fingerprint density at radius 3 is 2.26 bits per heavy atom. The Bertz CT molecular complexity index is 461. The van der Waals surface area contributed by atoms with Gasteiger partial charge in [-0.15, -0.1) is 0 Å². The lowest BCUT2D eigenvalue weighted by Crippen LogP contribution is -2.39. The first-order chi connectivity index (χ1) is 8.55. The lowest BCUT2D eigenvalue weighted by atomic mass is 9.83. The topological polar surface area (TPSA) is 46.5 Å². The van der Waals surface area contributed by atoms with Crippen LogP contribution in [-0.4, -0.2) is 16.7 Å². The third-order valence-electron chi connectivity index (χ3n) is 3.02. The summed E-state index contributed by atoms with van der Waals surface area (Å²) in [6.45, 7) is 8.18. The molecule has 0 aliphatic heterocycles. The van der Waals surface area contributed by atoms with Crippen LogP contribution in [0.3, 0.4) is 0 Å². The first kappa shape index (κ1) is 15.6. The summed E-state index contributed by atoms with van der Waals surface area (Å²) in [6, 6.07) is 5.88. The fourth-order valence-corrected chi connectivity index (χ4v) is 1.72. The Labute approximate surface area is 113 Å². The average Bonchev–Trinajstić information content (AvgIpc) is 2.26. The maximum absolute atomic E-state index is 13.7. The molecule has 1 N–H and O–H groups in total. The molecule has 106 valence electrons. The largest absolute Gasteiger partial charge is 0.460 e. The van der Waals surface area contributed by atoms with Gasteiger partial charge in [0.25, 0.3) is 0 Å². The highest BCUT2D eigenvalue weighted by Crippen LogP contribution is 2.32. The number of esters is 1. The molecule has 0 radical (unpaired) electrons. The molecule has 0 spiro atoms. The molecule has 0 saturated carbocycles. The van der Waals surface area contributed by atoms with Crippen molar-refractivity contribution in [2.45, 2.75) is 45.8 Å². The van der Waals surface area contributed by atoms with Crippen LogP contribution in [0.4, 0.5) is 4.39 Å². The third-order valence-corrected chi connectivity index (χ3v) is 3.02. The molecule has 19 heavy (non-hydrogen) atoms. The molecule has 1 aromatic carbocycles. The van der Waals surface area contributed by atoms with Crippen molar-refractivity contribution in [3.63, 3.8) is 0 Å². The van der Waals surface area contributed by atoms with E-state index in [1.54, 1.807) is 26.8 Å². The molecule has 0 saturated heterocycles. The van der Waals surface area contributed by atoms with Gasteiger partial charge in [0.05, 0.1) is 5.92 Å². The second-order valence-electron chi connectivity index (χ2n) is 5.88. The summed E-state index contributed by atoms with van der Waals surface area (Å²) in [5.74, 6) is -1.97. The monoisotopic (exact) mass is 268 g/mol. The van der Waals surface area contributed by atoms with Gasteiger partial charge in [-0.05, 0) is 40.7 Å². The maximum Gasteiger partial charge on any atom is 0.312 e. The number of ether oxygens (including phenoxy) is 1. The van der Waals surface area contributed by atoms with Crippen LogP contribution in [0.25, 0.3) is 0 Å². The van der Waals surface area contributed by atoms with Crippen LogP contribution >= 0.6 is 0 Å². The maximum atomic E-state index is 13.7. The Morgan fingerprint density at radius 2 is 1.79 bits per heavy atom.